The van der Waals surface area contributed by atoms with E-state index in [1.54, 1.807) is 16.0 Å². The quantitative estimate of drug-likeness (QED) is 0.245. The molecule has 0 fully saturated rings. The second kappa shape index (κ2) is 11.1. The van der Waals surface area contributed by atoms with E-state index in [0.29, 0.717) is 13.1 Å². The summed E-state index contributed by atoms with van der Waals surface area (Å²) in [7, 11) is 3.74. The average molecular weight is 571 g/mol. The monoisotopic (exact) mass is 570 g/mol. The first-order chi connectivity index (χ1) is 19.8. The standard InChI is InChI=1S/C31H34N6O3S/c1-5-22-16-37(17-25-27(40-22)8-9-28(32-3)33-25)15-21-13-20(12-19-10-11-41-31(19)21)24(14-29(38)39)23-6-7-26-30(18(23)2)34-35-36(26)4/h6-13,22,24H,5,14-17H2,1-4H3,(H,32,33)(H,38,39)/t22-,24+/m1/s1. The van der Waals surface area contributed by atoms with Crippen molar-refractivity contribution < 1.29 is 14.6 Å². The summed E-state index contributed by atoms with van der Waals surface area (Å²) in [6.07, 6.45) is 0.936. The topological polar surface area (TPSA) is 105 Å². The number of aliphatic carboxylic acids is 1. The number of rotatable bonds is 8. The summed E-state index contributed by atoms with van der Waals surface area (Å²) in [4.78, 5) is 19.4. The van der Waals surface area contributed by atoms with E-state index >= 15 is 0 Å². The smallest absolute Gasteiger partial charge is 0.304 e. The van der Waals surface area contributed by atoms with Gasteiger partial charge in [0.1, 0.15) is 23.2 Å². The van der Waals surface area contributed by atoms with E-state index in [0.717, 1.165) is 63.3 Å². The Morgan fingerprint density at radius 1 is 1.24 bits per heavy atom. The number of nitrogens with one attached hydrogen (secondary N) is 1. The number of hydrogen-bond donors (Lipinski definition) is 2. The third kappa shape index (κ3) is 5.25. The predicted octanol–water partition coefficient (Wildman–Crippen LogP) is 5.71. The Balaban J connectivity index is 1.41. The van der Waals surface area contributed by atoms with Crippen molar-refractivity contribution in [3.8, 4) is 5.75 Å². The Kier molecular flexibility index (Phi) is 7.35. The van der Waals surface area contributed by atoms with Crippen molar-refractivity contribution in [1.29, 1.82) is 0 Å². The van der Waals surface area contributed by atoms with Gasteiger partial charge in [-0.15, -0.1) is 16.4 Å². The molecule has 0 spiro atoms. The molecule has 2 aromatic carbocycles. The molecule has 212 valence electrons. The van der Waals surface area contributed by atoms with Gasteiger partial charge >= 0.3 is 5.97 Å². The first-order valence-electron chi connectivity index (χ1n) is 13.9. The molecule has 10 heteroatoms. The maximum atomic E-state index is 12.2. The van der Waals surface area contributed by atoms with Crippen LogP contribution in [-0.2, 0) is 24.9 Å². The Morgan fingerprint density at radius 3 is 2.88 bits per heavy atom. The van der Waals surface area contributed by atoms with E-state index in [-0.39, 0.29) is 18.4 Å². The molecule has 0 aliphatic carbocycles. The van der Waals surface area contributed by atoms with Crippen LogP contribution in [0.5, 0.6) is 5.75 Å². The van der Waals surface area contributed by atoms with Gasteiger partial charge in [-0.25, -0.2) is 9.67 Å². The number of thiophene rings is 1. The minimum atomic E-state index is -0.834. The largest absolute Gasteiger partial charge is 0.487 e. The van der Waals surface area contributed by atoms with Crippen molar-refractivity contribution in [2.75, 3.05) is 18.9 Å². The van der Waals surface area contributed by atoms with Gasteiger partial charge in [-0.2, -0.15) is 0 Å². The first kappa shape index (κ1) is 27.2. The summed E-state index contributed by atoms with van der Waals surface area (Å²) in [5.74, 6) is 0.499. The van der Waals surface area contributed by atoms with Gasteiger partial charge in [0.15, 0.2) is 0 Å². The maximum Gasteiger partial charge on any atom is 0.304 e. The summed E-state index contributed by atoms with van der Waals surface area (Å²) in [5, 5.41) is 24.9. The van der Waals surface area contributed by atoms with E-state index in [9.17, 15) is 9.90 Å². The number of aromatic nitrogens is 4. The summed E-state index contributed by atoms with van der Waals surface area (Å²) in [5.41, 5.74) is 6.76. The van der Waals surface area contributed by atoms with E-state index in [1.165, 1.54) is 10.3 Å². The highest BCUT2D eigenvalue weighted by molar-refractivity contribution is 7.17. The molecule has 2 N–H and O–H groups in total. The number of ether oxygens (including phenoxy) is 1. The minimum Gasteiger partial charge on any atom is -0.487 e. The summed E-state index contributed by atoms with van der Waals surface area (Å²) in [6, 6.07) is 14.5. The molecular formula is C31H34N6O3S. The second-order valence-electron chi connectivity index (χ2n) is 10.7. The van der Waals surface area contributed by atoms with Gasteiger partial charge < -0.3 is 15.2 Å². The van der Waals surface area contributed by atoms with Crippen LogP contribution in [0.25, 0.3) is 21.1 Å². The highest BCUT2D eigenvalue weighted by Crippen LogP contribution is 2.38. The fourth-order valence-corrected chi connectivity index (χ4v) is 6.80. The molecule has 3 aromatic heterocycles. The van der Waals surface area contributed by atoms with Crippen LogP contribution < -0.4 is 10.1 Å². The normalized spacial score (nSPS) is 16.3. The number of carboxylic acids is 1. The van der Waals surface area contributed by atoms with Gasteiger partial charge in [-0.05, 0) is 76.7 Å². The van der Waals surface area contributed by atoms with Crippen molar-refractivity contribution in [2.24, 2.45) is 7.05 Å². The first-order valence-corrected chi connectivity index (χ1v) is 14.8. The highest BCUT2D eigenvalue weighted by Gasteiger charge is 2.26. The van der Waals surface area contributed by atoms with Gasteiger partial charge in [0.25, 0.3) is 0 Å². The fourth-order valence-electron chi connectivity index (χ4n) is 5.91. The van der Waals surface area contributed by atoms with E-state index in [2.05, 4.69) is 51.0 Å². The van der Waals surface area contributed by atoms with Crippen molar-refractivity contribution in [2.45, 2.75) is 51.8 Å². The second-order valence-corrected chi connectivity index (χ2v) is 11.7. The van der Waals surface area contributed by atoms with Crippen LogP contribution in [0.1, 0.15) is 53.6 Å². The third-order valence-corrected chi connectivity index (χ3v) is 9.06. The number of carbonyl (C=O) groups is 1. The van der Waals surface area contributed by atoms with Crippen molar-refractivity contribution in [3.63, 3.8) is 0 Å². The minimum absolute atomic E-state index is 0.0127. The van der Waals surface area contributed by atoms with Gasteiger partial charge in [0, 0.05) is 44.3 Å². The van der Waals surface area contributed by atoms with E-state index in [1.807, 2.05) is 45.3 Å². The molecular weight excluding hydrogens is 536 g/mol. The number of fused-ring (bicyclic) bond motifs is 3. The number of carboxylic acid groups (broad SMARTS) is 1. The highest BCUT2D eigenvalue weighted by atomic mass is 32.1. The van der Waals surface area contributed by atoms with Crippen LogP contribution in [0.2, 0.25) is 0 Å². The molecule has 1 aliphatic heterocycles. The maximum absolute atomic E-state index is 12.2. The Labute approximate surface area is 242 Å². The molecule has 0 amide bonds. The lowest BCUT2D eigenvalue weighted by atomic mass is 9.84. The number of nitrogens with zero attached hydrogens (tertiary/aromatic N) is 5. The number of benzene rings is 2. The van der Waals surface area contributed by atoms with Crippen LogP contribution in [0, 0.1) is 6.92 Å². The zero-order valence-corrected chi connectivity index (χ0v) is 24.5. The number of anilines is 1. The average Bonchev–Trinajstić information content (AvgIpc) is 3.55. The molecule has 41 heavy (non-hydrogen) atoms. The van der Waals surface area contributed by atoms with Gasteiger partial charge in [-0.3, -0.25) is 9.69 Å². The number of aryl methyl sites for hydroxylation is 2. The van der Waals surface area contributed by atoms with Crippen molar-refractivity contribution >= 4 is 44.2 Å². The molecule has 0 bridgehead atoms. The summed E-state index contributed by atoms with van der Waals surface area (Å²) >= 11 is 1.72. The lowest BCUT2D eigenvalue weighted by Crippen LogP contribution is -2.32. The van der Waals surface area contributed by atoms with Gasteiger partial charge in [0.05, 0.1) is 17.6 Å². The van der Waals surface area contributed by atoms with Crippen molar-refractivity contribution in [1.82, 2.24) is 24.9 Å². The molecule has 1 aliphatic rings. The Bertz CT molecular complexity index is 1750. The van der Waals surface area contributed by atoms with Crippen LogP contribution >= 0.6 is 11.3 Å². The molecule has 6 rings (SSSR count). The fraction of sp³-hybridized carbons (Fsp3) is 0.355. The van der Waals surface area contributed by atoms with Gasteiger partial charge in [-0.1, -0.05) is 24.3 Å². The molecule has 2 atom stereocenters. The molecule has 0 saturated carbocycles. The number of pyridine rings is 1. The predicted molar refractivity (Wildman–Crippen MR) is 162 cm³/mol. The summed E-state index contributed by atoms with van der Waals surface area (Å²) in [6.45, 7) is 6.31. The molecule has 5 aromatic rings. The zero-order valence-electron chi connectivity index (χ0n) is 23.7. The van der Waals surface area contributed by atoms with Crippen LogP contribution in [0.4, 0.5) is 5.82 Å². The number of hydrogen-bond acceptors (Lipinski definition) is 8. The molecule has 0 unspecified atom stereocenters. The van der Waals surface area contributed by atoms with Gasteiger partial charge in [0.2, 0.25) is 0 Å². The van der Waals surface area contributed by atoms with Crippen LogP contribution in [0.15, 0.2) is 47.8 Å². The molecule has 9 nitrogen and oxygen atoms in total. The van der Waals surface area contributed by atoms with Crippen LogP contribution in [-0.4, -0.2) is 55.6 Å². The van der Waals surface area contributed by atoms with E-state index < -0.39 is 5.97 Å². The Morgan fingerprint density at radius 2 is 2.10 bits per heavy atom. The van der Waals surface area contributed by atoms with Crippen LogP contribution in [0.3, 0.4) is 0 Å². The third-order valence-electron chi connectivity index (χ3n) is 8.05. The van der Waals surface area contributed by atoms with E-state index in [4.69, 9.17) is 9.72 Å². The molecule has 0 saturated heterocycles. The summed E-state index contributed by atoms with van der Waals surface area (Å²) < 4.78 is 9.32. The zero-order chi connectivity index (χ0) is 28.7. The SMILES string of the molecule is CC[C@@H]1CN(Cc2cc([C@H](CC(=O)O)c3ccc4c(nnn4C)c3C)cc3ccsc23)Cc2nc(NC)ccc2O1. The molecule has 4 heterocycles. The van der Waals surface area contributed by atoms with Crippen molar-refractivity contribution in [3.05, 3.63) is 75.8 Å². The lowest BCUT2D eigenvalue weighted by molar-refractivity contribution is -0.137. The molecule has 0 radical (unpaired) electrons. The Hall–Kier alpha value is -4.02. The lowest BCUT2D eigenvalue weighted by Gasteiger charge is -2.25.